The summed E-state index contributed by atoms with van der Waals surface area (Å²) in [5.41, 5.74) is -11.4. The van der Waals surface area contributed by atoms with Gasteiger partial charge in [-0.3, -0.25) is 9.59 Å². The monoisotopic (exact) mass is 1010 g/mol. The molecular formula is C50H61NO21. The summed E-state index contributed by atoms with van der Waals surface area (Å²) < 4.78 is 46.9. The molecule has 17 atom stereocenters. The van der Waals surface area contributed by atoms with Crippen LogP contribution in [-0.2, 0) is 57.1 Å². The normalized spacial score (nSPS) is 38.4. The van der Waals surface area contributed by atoms with E-state index in [0.29, 0.717) is 0 Å². The lowest BCUT2D eigenvalue weighted by atomic mass is 9.30. The number of rotatable bonds is 13. The summed E-state index contributed by atoms with van der Waals surface area (Å²) in [6.07, 6.45) is -19.7. The second-order valence-corrected chi connectivity index (χ2v) is 20.8. The molecule has 2 aromatic rings. The maximum absolute atomic E-state index is 15.6. The third-order valence-electron chi connectivity index (χ3n) is 15.6. The van der Waals surface area contributed by atoms with E-state index in [1.54, 1.807) is 69.3 Å². The molecule has 2 heterocycles. The smallest absolute Gasteiger partial charge is 0.408 e. The van der Waals surface area contributed by atoms with Crippen molar-refractivity contribution in [2.75, 3.05) is 19.8 Å². The highest BCUT2D eigenvalue weighted by Crippen LogP contribution is 2.78. The Bertz CT molecular complexity index is 2500. The van der Waals surface area contributed by atoms with Gasteiger partial charge in [-0.15, -0.1) is 0 Å². The molecule has 8 N–H and O–H groups in total. The van der Waals surface area contributed by atoms with Crippen LogP contribution in [0.25, 0.3) is 0 Å². The van der Waals surface area contributed by atoms with Gasteiger partial charge in [0.05, 0.1) is 41.6 Å². The lowest BCUT2D eigenvalue weighted by Crippen LogP contribution is -2.90. The molecule has 4 aliphatic carbocycles. The number of hydrogen-bond acceptors (Lipinski definition) is 21. The summed E-state index contributed by atoms with van der Waals surface area (Å²) in [6, 6.07) is 14.1. The number of benzene rings is 2. The van der Waals surface area contributed by atoms with Gasteiger partial charge in [0, 0.05) is 19.8 Å². The van der Waals surface area contributed by atoms with Crippen LogP contribution in [-0.4, -0.2) is 175 Å². The summed E-state index contributed by atoms with van der Waals surface area (Å²) in [5, 5.41) is 81.1. The van der Waals surface area contributed by atoms with Crippen molar-refractivity contribution in [3.05, 3.63) is 82.9 Å². The highest BCUT2D eigenvalue weighted by molar-refractivity contribution is 5.96. The van der Waals surface area contributed by atoms with Gasteiger partial charge in [-0.05, 0) is 70.4 Å². The van der Waals surface area contributed by atoms with Crippen molar-refractivity contribution in [3.8, 4) is 0 Å². The van der Waals surface area contributed by atoms with Gasteiger partial charge in [0.1, 0.15) is 72.2 Å². The number of carbonyl (C=O) groups excluding carboxylic acids is 6. The largest absolute Gasteiger partial charge is 0.459 e. The summed E-state index contributed by atoms with van der Waals surface area (Å²) in [5.74, 6) is -7.21. The van der Waals surface area contributed by atoms with Crippen molar-refractivity contribution >= 4 is 35.8 Å². The number of aliphatic hydroxyl groups excluding tert-OH is 6. The summed E-state index contributed by atoms with van der Waals surface area (Å²) in [6.45, 7) is 7.82. The van der Waals surface area contributed by atoms with E-state index in [-0.39, 0.29) is 28.7 Å². The Hall–Kier alpha value is -5.40. The molecule has 2 aliphatic heterocycles. The van der Waals surface area contributed by atoms with Crippen LogP contribution in [0.15, 0.2) is 71.8 Å². The number of alkyl carbamates (subject to hydrolysis) is 1. The van der Waals surface area contributed by atoms with Crippen molar-refractivity contribution in [2.24, 2.45) is 16.7 Å². The predicted octanol–water partition coefficient (Wildman–Crippen LogP) is -0.00910. The Labute approximate surface area is 413 Å². The first-order valence-corrected chi connectivity index (χ1v) is 23.5. The third kappa shape index (κ3) is 8.19. The molecule has 6 aliphatic rings. The van der Waals surface area contributed by atoms with Crippen LogP contribution in [0, 0.1) is 16.7 Å². The zero-order valence-electron chi connectivity index (χ0n) is 40.6. The number of amides is 1. The standard InChI is InChI=1S/C50H61NO21/c1-23-31-34(56)39(60)46(6)28(68-30(54)20-65-43-37(59)36(58)33(55)27(19-52)67-43)18-29-48(22-66-29,70-24(2)53)38(46)40(69-41(61)26-16-12-9-13-17-26)49(64)21-50(23,47(31,49)7)71-42(62)35(57)32(25-14-10-8-11-15-25)51-44(63)72-45(3,4)5/h8-17,27-29,32-38,40,43,52,55-59,64H,18-22H2,1-7H3,(H,51,63)/t27-,28+,29-,32+,33-,34-,35-,36+,37-,38?,40+,43?,46-,47-,48+,49-,50-/m1/s1. The first-order chi connectivity index (χ1) is 33.7. The van der Waals surface area contributed by atoms with E-state index >= 15 is 4.79 Å². The van der Waals surface area contributed by atoms with Crippen molar-refractivity contribution in [1.29, 1.82) is 0 Å². The lowest BCUT2D eigenvalue weighted by molar-refractivity contribution is -0.376. The Kier molecular flexibility index (Phi) is 13.8. The fraction of sp³-hybridized carbons (Fsp3) is 0.600. The first-order valence-electron chi connectivity index (χ1n) is 23.5. The second-order valence-electron chi connectivity index (χ2n) is 20.8. The van der Waals surface area contributed by atoms with Crippen LogP contribution < -0.4 is 5.32 Å². The topological polar surface area (TPSA) is 330 Å². The number of Topliss-reactive ketones (excluding diaryl/α,β-unsaturated/α-hetero) is 1. The summed E-state index contributed by atoms with van der Waals surface area (Å²) in [4.78, 5) is 84.6. The zero-order valence-corrected chi connectivity index (χ0v) is 40.6. The molecule has 5 fully saturated rings. The number of nitrogens with one attached hydrogen (secondary N) is 1. The molecule has 22 heteroatoms. The van der Waals surface area contributed by atoms with Crippen LogP contribution in [0.4, 0.5) is 4.79 Å². The number of esters is 4. The molecule has 0 spiro atoms. The molecule has 2 saturated heterocycles. The van der Waals surface area contributed by atoms with Crippen molar-refractivity contribution in [1.82, 2.24) is 5.32 Å². The van der Waals surface area contributed by atoms with Gasteiger partial charge < -0.3 is 79.0 Å². The molecule has 0 aromatic heterocycles. The van der Waals surface area contributed by atoms with Crippen molar-refractivity contribution < 1.29 is 102 Å². The van der Waals surface area contributed by atoms with E-state index in [9.17, 15) is 59.7 Å². The molecule has 72 heavy (non-hydrogen) atoms. The van der Waals surface area contributed by atoms with E-state index in [1.165, 1.54) is 32.9 Å². The van der Waals surface area contributed by atoms with E-state index in [1.807, 2.05) is 0 Å². The molecule has 0 bridgehead atoms. The molecule has 2 unspecified atom stereocenters. The number of ketones is 1. The Morgan fingerprint density at radius 1 is 0.903 bits per heavy atom. The van der Waals surface area contributed by atoms with Crippen molar-refractivity contribution in [2.45, 2.75) is 151 Å². The highest BCUT2D eigenvalue weighted by atomic mass is 16.7. The van der Waals surface area contributed by atoms with Gasteiger partial charge in [0.15, 0.2) is 23.8 Å². The Morgan fingerprint density at radius 2 is 1.54 bits per heavy atom. The lowest BCUT2D eigenvalue weighted by Gasteiger charge is -2.78. The van der Waals surface area contributed by atoms with Crippen LogP contribution in [0.5, 0.6) is 0 Å². The zero-order chi connectivity index (χ0) is 52.7. The Morgan fingerprint density at radius 3 is 2.12 bits per heavy atom. The molecule has 392 valence electrons. The van der Waals surface area contributed by atoms with Gasteiger partial charge in [-0.25, -0.2) is 19.2 Å². The van der Waals surface area contributed by atoms with E-state index in [0.717, 1.165) is 6.92 Å². The minimum absolute atomic E-state index is 0.0152. The minimum Gasteiger partial charge on any atom is -0.459 e. The third-order valence-corrected chi connectivity index (χ3v) is 15.6. The van der Waals surface area contributed by atoms with Gasteiger partial charge in [-0.1, -0.05) is 48.5 Å². The van der Waals surface area contributed by atoms with E-state index in [2.05, 4.69) is 5.32 Å². The summed E-state index contributed by atoms with van der Waals surface area (Å²) >= 11 is 0. The maximum Gasteiger partial charge on any atom is 0.408 e. The fourth-order valence-electron chi connectivity index (χ4n) is 12.1. The molecule has 2 aromatic carbocycles. The van der Waals surface area contributed by atoms with Crippen LogP contribution >= 0.6 is 0 Å². The number of ether oxygens (including phenoxy) is 8. The van der Waals surface area contributed by atoms with E-state index in [4.69, 9.17) is 37.9 Å². The molecular weight excluding hydrogens is 951 g/mol. The highest BCUT2D eigenvalue weighted by Gasteiger charge is 2.89. The van der Waals surface area contributed by atoms with Gasteiger partial charge in [-0.2, -0.15) is 0 Å². The molecule has 8 rings (SSSR count). The quantitative estimate of drug-likeness (QED) is 0.0743. The minimum atomic E-state index is -2.45. The number of aliphatic hydroxyl groups is 7. The number of hydrogen-bond donors (Lipinski definition) is 8. The Balaban J connectivity index is 1.20. The van der Waals surface area contributed by atoms with Gasteiger partial charge in [0.2, 0.25) is 0 Å². The van der Waals surface area contributed by atoms with Gasteiger partial charge in [0.25, 0.3) is 0 Å². The number of carbonyl (C=O) groups is 6. The number of fused-ring (bicyclic) bond motifs is 3. The van der Waals surface area contributed by atoms with E-state index < -0.39 is 168 Å². The molecule has 22 nitrogen and oxygen atoms in total. The van der Waals surface area contributed by atoms with Gasteiger partial charge >= 0.3 is 30.0 Å². The molecule has 3 saturated carbocycles. The van der Waals surface area contributed by atoms with Crippen molar-refractivity contribution in [3.63, 3.8) is 0 Å². The fourth-order valence-corrected chi connectivity index (χ4v) is 12.1. The molecule has 1 amide bonds. The predicted molar refractivity (Wildman–Crippen MR) is 240 cm³/mol. The second kappa shape index (κ2) is 18.8. The van der Waals surface area contributed by atoms with Crippen LogP contribution in [0.3, 0.4) is 0 Å². The molecule has 0 radical (unpaired) electrons. The van der Waals surface area contributed by atoms with Crippen LogP contribution in [0.1, 0.15) is 83.3 Å². The SMILES string of the molecule is CC(=O)O[C@@]12CO[C@@H]1C[C@H](OC(=O)COC1O[C@H](CO)[C@@H](O)[C@H](O)[C@H]1O)[C@@]1(C)C(=O)[C@H](O)C3=C(C)[C@]4(OC(=O)[C@H](O)[C@@H](NC(=O)OC(C)(C)C)c5ccccc5)C[C@@](O)([C@@H](OC(=O)c5ccccc5)C12)[C@@]34C. The average Bonchev–Trinajstić information content (AvgIpc) is 3.33. The summed E-state index contributed by atoms with van der Waals surface area (Å²) in [7, 11) is 0. The average molecular weight is 1010 g/mol. The maximum atomic E-state index is 15.6. The van der Waals surface area contributed by atoms with Crippen LogP contribution in [0.2, 0.25) is 0 Å². The first kappa shape index (κ1) is 52.9.